The Bertz CT molecular complexity index is 1210. The van der Waals surface area contributed by atoms with Crippen LogP contribution in [0.15, 0.2) is 59.5 Å². The summed E-state index contributed by atoms with van der Waals surface area (Å²) in [5.74, 6) is -0.000798. The molecule has 0 aromatic heterocycles. The minimum atomic E-state index is -3.93. The molecule has 0 amide bonds. The Balaban J connectivity index is 1.56. The minimum absolute atomic E-state index is 0.0704. The number of hydrogen-bond acceptors (Lipinski definition) is 4. The summed E-state index contributed by atoms with van der Waals surface area (Å²) in [6.45, 7) is 1.67. The molecule has 8 heteroatoms. The highest BCUT2D eigenvalue weighted by molar-refractivity contribution is 7.86. The van der Waals surface area contributed by atoms with Crippen molar-refractivity contribution in [2.45, 2.75) is 24.3 Å². The monoisotopic (exact) mass is 466 g/mol. The summed E-state index contributed by atoms with van der Waals surface area (Å²) in [4.78, 5) is 0.0704. The zero-order valence-corrected chi connectivity index (χ0v) is 18.2. The number of fused-ring (bicyclic) bond motifs is 1. The SMILES string of the molecule is Cc1ccc(S(=O)(=O)OCC2Cc3cc(F)cc(-c4cc(Cl)ccc4Cl)c3O2)cc1. The molecule has 1 aliphatic rings. The average molecular weight is 467 g/mol. The molecule has 3 aromatic carbocycles. The molecule has 1 unspecified atom stereocenters. The van der Waals surface area contributed by atoms with Crippen molar-refractivity contribution in [2.24, 2.45) is 0 Å². The molecule has 0 radical (unpaired) electrons. The molecule has 156 valence electrons. The molecule has 0 aliphatic carbocycles. The minimum Gasteiger partial charge on any atom is -0.487 e. The summed E-state index contributed by atoms with van der Waals surface area (Å²) in [6, 6.07) is 14.0. The van der Waals surface area contributed by atoms with Gasteiger partial charge in [-0.15, -0.1) is 0 Å². The van der Waals surface area contributed by atoms with Crippen LogP contribution < -0.4 is 4.74 Å². The maximum atomic E-state index is 14.2. The lowest BCUT2D eigenvalue weighted by atomic mass is 10.00. The fourth-order valence-electron chi connectivity index (χ4n) is 3.33. The van der Waals surface area contributed by atoms with Gasteiger partial charge in [0.15, 0.2) is 0 Å². The van der Waals surface area contributed by atoms with Crippen LogP contribution in [0.5, 0.6) is 5.75 Å². The smallest absolute Gasteiger partial charge is 0.297 e. The molecule has 0 saturated heterocycles. The summed E-state index contributed by atoms with van der Waals surface area (Å²) in [5, 5.41) is 0.854. The van der Waals surface area contributed by atoms with Crippen LogP contribution >= 0.6 is 23.2 Å². The quantitative estimate of drug-likeness (QED) is 0.444. The Morgan fingerprint density at radius 1 is 1.07 bits per heavy atom. The van der Waals surface area contributed by atoms with E-state index in [0.717, 1.165) is 5.56 Å². The zero-order chi connectivity index (χ0) is 21.5. The Morgan fingerprint density at radius 2 is 1.80 bits per heavy atom. The first-order valence-electron chi connectivity index (χ1n) is 9.13. The number of hydrogen-bond donors (Lipinski definition) is 0. The van der Waals surface area contributed by atoms with E-state index in [2.05, 4.69) is 0 Å². The van der Waals surface area contributed by atoms with Gasteiger partial charge in [-0.1, -0.05) is 40.9 Å². The second-order valence-corrected chi connectivity index (χ2v) is 9.52. The highest BCUT2D eigenvalue weighted by Gasteiger charge is 2.29. The van der Waals surface area contributed by atoms with Gasteiger partial charge in [0.05, 0.1) is 4.90 Å². The Morgan fingerprint density at radius 3 is 2.53 bits per heavy atom. The lowest BCUT2D eigenvalue weighted by molar-refractivity contribution is 0.152. The van der Waals surface area contributed by atoms with Gasteiger partial charge in [-0.05, 0) is 49.4 Å². The zero-order valence-electron chi connectivity index (χ0n) is 15.9. The van der Waals surface area contributed by atoms with Crippen LogP contribution in [0.1, 0.15) is 11.1 Å². The van der Waals surface area contributed by atoms with E-state index in [1.54, 1.807) is 30.3 Å². The lowest BCUT2D eigenvalue weighted by Gasteiger charge is -2.14. The number of benzene rings is 3. The molecule has 1 atom stereocenters. The Hall–Kier alpha value is -2.12. The Kier molecular flexibility index (Phi) is 5.77. The molecule has 0 bridgehead atoms. The van der Waals surface area contributed by atoms with Crippen molar-refractivity contribution in [3.63, 3.8) is 0 Å². The highest BCUT2D eigenvalue weighted by atomic mass is 35.5. The van der Waals surface area contributed by atoms with Crippen LogP contribution in [-0.2, 0) is 20.7 Å². The van der Waals surface area contributed by atoms with E-state index in [1.165, 1.54) is 24.3 Å². The molecule has 3 aromatic rings. The maximum Gasteiger partial charge on any atom is 0.297 e. The third kappa shape index (κ3) is 4.32. The maximum absolute atomic E-state index is 14.2. The normalized spacial score (nSPS) is 15.7. The predicted octanol–water partition coefficient (Wildman–Crippen LogP) is 5.82. The van der Waals surface area contributed by atoms with Gasteiger partial charge >= 0.3 is 0 Å². The summed E-state index contributed by atoms with van der Waals surface area (Å²) >= 11 is 12.4. The van der Waals surface area contributed by atoms with Gasteiger partial charge in [-0.3, -0.25) is 4.18 Å². The van der Waals surface area contributed by atoms with Crippen LogP contribution in [0.25, 0.3) is 11.1 Å². The van der Waals surface area contributed by atoms with E-state index in [4.69, 9.17) is 32.1 Å². The van der Waals surface area contributed by atoms with Crippen molar-refractivity contribution in [3.8, 4) is 16.9 Å². The van der Waals surface area contributed by atoms with Crippen molar-refractivity contribution in [1.82, 2.24) is 0 Å². The van der Waals surface area contributed by atoms with E-state index in [-0.39, 0.29) is 11.5 Å². The van der Waals surface area contributed by atoms with Crippen molar-refractivity contribution < 1.29 is 21.7 Å². The molecule has 0 N–H and O–H groups in total. The largest absolute Gasteiger partial charge is 0.487 e. The fourth-order valence-corrected chi connectivity index (χ4v) is 4.66. The van der Waals surface area contributed by atoms with Crippen LogP contribution in [0.4, 0.5) is 4.39 Å². The third-order valence-electron chi connectivity index (χ3n) is 4.80. The number of rotatable bonds is 5. The Labute approximate surface area is 184 Å². The van der Waals surface area contributed by atoms with Gasteiger partial charge in [0.1, 0.15) is 24.3 Å². The molecule has 1 heterocycles. The van der Waals surface area contributed by atoms with E-state index < -0.39 is 22.0 Å². The lowest BCUT2D eigenvalue weighted by Crippen LogP contribution is -2.23. The van der Waals surface area contributed by atoms with E-state index in [0.29, 0.717) is 38.9 Å². The average Bonchev–Trinajstić information content (AvgIpc) is 3.11. The topological polar surface area (TPSA) is 52.6 Å². The number of ether oxygens (including phenoxy) is 1. The molecular formula is C22H17Cl2FO4S. The highest BCUT2D eigenvalue weighted by Crippen LogP contribution is 2.43. The number of halogens is 3. The van der Waals surface area contributed by atoms with Crippen molar-refractivity contribution in [2.75, 3.05) is 6.61 Å². The van der Waals surface area contributed by atoms with Crippen LogP contribution in [-0.4, -0.2) is 21.1 Å². The molecule has 0 fully saturated rings. The first kappa shape index (κ1) is 21.1. The standard InChI is InChI=1S/C22H17Cl2FO4S/c1-13-2-5-18(6-3-13)30(26,27)28-12-17-9-14-8-16(25)11-20(22(14)29-17)19-10-15(23)4-7-21(19)24/h2-8,10-11,17H,9,12H2,1H3. The van der Waals surface area contributed by atoms with Crippen molar-refractivity contribution in [1.29, 1.82) is 0 Å². The summed E-state index contributed by atoms with van der Waals surface area (Å²) in [5.41, 5.74) is 2.55. The van der Waals surface area contributed by atoms with Crippen LogP contribution in [0, 0.1) is 12.7 Å². The molecule has 4 nitrogen and oxygen atoms in total. The van der Waals surface area contributed by atoms with Gasteiger partial charge in [0.2, 0.25) is 0 Å². The molecular weight excluding hydrogens is 450 g/mol. The van der Waals surface area contributed by atoms with Crippen LogP contribution in [0.3, 0.4) is 0 Å². The summed E-state index contributed by atoms with van der Waals surface area (Å²) < 4.78 is 50.2. The van der Waals surface area contributed by atoms with Crippen LogP contribution in [0.2, 0.25) is 10.0 Å². The van der Waals surface area contributed by atoms with Crippen molar-refractivity contribution >= 4 is 33.3 Å². The second-order valence-electron chi connectivity index (χ2n) is 7.06. The van der Waals surface area contributed by atoms with Gasteiger partial charge in [-0.2, -0.15) is 8.42 Å². The third-order valence-corrected chi connectivity index (χ3v) is 6.66. The molecule has 30 heavy (non-hydrogen) atoms. The fraction of sp³-hybridized carbons (Fsp3) is 0.182. The van der Waals surface area contributed by atoms with Gasteiger partial charge in [-0.25, -0.2) is 4.39 Å². The van der Waals surface area contributed by atoms with Gasteiger partial charge in [0.25, 0.3) is 10.1 Å². The van der Waals surface area contributed by atoms with Gasteiger partial charge < -0.3 is 4.74 Å². The summed E-state index contributed by atoms with van der Waals surface area (Å²) in [7, 11) is -3.93. The molecule has 0 spiro atoms. The predicted molar refractivity (Wildman–Crippen MR) is 114 cm³/mol. The first-order valence-corrected chi connectivity index (χ1v) is 11.3. The van der Waals surface area contributed by atoms with Crippen molar-refractivity contribution in [3.05, 3.63) is 81.6 Å². The van der Waals surface area contributed by atoms with E-state index in [9.17, 15) is 12.8 Å². The first-order chi connectivity index (χ1) is 14.2. The van der Waals surface area contributed by atoms with E-state index >= 15 is 0 Å². The van der Waals surface area contributed by atoms with E-state index in [1.807, 2.05) is 6.92 Å². The summed E-state index contributed by atoms with van der Waals surface area (Å²) in [6.07, 6.45) is -0.277. The van der Waals surface area contributed by atoms with Gasteiger partial charge in [0, 0.05) is 33.2 Å². The number of aryl methyl sites for hydroxylation is 1. The second kappa shape index (κ2) is 8.19. The molecule has 1 aliphatic heterocycles. The molecule has 4 rings (SSSR count). The molecule has 0 saturated carbocycles.